The van der Waals surface area contributed by atoms with E-state index in [1.807, 2.05) is 24.3 Å². The summed E-state index contributed by atoms with van der Waals surface area (Å²) in [6, 6.07) is 8.00. The maximum atomic E-state index is 11.6. The highest BCUT2D eigenvalue weighted by Crippen LogP contribution is 2.31. The third-order valence-corrected chi connectivity index (χ3v) is 5.01. The topological polar surface area (TPSA) is 100 Å². The van der Waals surface area contributed by atoms with Crippen molar-refractivity contribution in [2.24, 2.45) is 10.2 Å². The van der Waals surface area contributed by atoms with E-state index in [1.54, 1.807) is 6.21 Å². The standard InChI is InChI=1S/C16H17N3O4S/c1-16(8-23-9-16)11-4-2-10(3-5-11)7-17-19-15-18-14(22)12(24-15)6-13(20)21/h2-5,7,12H,6,8-9H2,1H3,(H,20,21)(H,18,19,22). The number of amides is 1. The molecule has 0 saturated carbocycles. The highest BCUT2D eigenvalue weighted by Gasteiger charge is 2.35. The highest BCUT2D eigenvalue weighted by molar-refractivity contribution is 8.15. The number of carbonyl (C=O) groups is 2. The van der Waals surface area contributed by atoms with Gasteiger partial charge in [0.25, 0.3) is 0 Å². The van der Waals surface area contributed by atoms with Crippen molar-refractivity contribution in [1.29, 1.82) is 0 Å². The molecular formula is C16H17N3O4S. The van der Waals surface area contributed by atoms with E-state index in [1.165, 1.54) is 5.56 Å². The first-order valence-electron chi connectivity index (χ1n) is 7.45. The summed E-state index contributed by atoms with van der Waals surface area (Å²) in [4.78, 5) is 22.2. The molecule has 1 amide bonds. The van der Waals surface area contributed by atoms with Gasteiger partial charge in [-0.1, -0.05) is 43.0 Å². The van der Waals surface area contributed by atoms with Crippen molar-refractivity contribution in [2.45, 2.75) is 24.0 Å². The van der Waals surface area contributed by atoms with Crippen LogP contribution in [0.25, 0.3) is 0 Å². The van der Waals surface area contributed by atoms with E-state index in [4.69, 9.17) is 9.84 Å². The third kappa shape index (κ3) is 3.65. The zero-order valence-corrected chi connectivity index (χ0v) is 13.9. The summed E-state index contributed by atoms with van der Waals surface area (Å²) < 4.78 is 5.27. The predicted molar refractivity (Wildman–Crippen MR) is 91.4 cm³/mol. The number of hydrogen-bond donors (Lipinski definition) is 2. The van der Waals surface area contributed by atoms with E-state index in [2.05, 4.69) is 22.4 Å². The normalized spacial score (nSPS) is 24.1. The fourth-order valence-electron chi connectivity index (χ4n) is 2.44. The summed E-state index contributed by atoms with van der Waals surface area (Å²) in [5, 5.41) is 18.8. The zero-order chi connectivity index (χ0) is 17.2. The lowest BCUT2D eigenvalue weighted by Gasteiger charge is -2.38. The number of carboxylic acid groups (broad SMARTS) is 1. The Labute approximate surface area is 143 Å². The summed E-state index contributed by atoms with van der Waals surface area (Å²) in [6.45, 7) is 3.64. The van der Waals surface area contributed by atoms with Crippen LogP contribution in [0.3, 0.4) is 0 Å². The first kappa shape index (κ1) is 16.7. The van der Waals surface area contributed by atoms with Crippen molar-refractivity contribution >= 4 is 35.0 Å². The lowest BCUT2D eigenvalue weighted by Crippen LogP contribution is -2.43. The van der Waals surface area contributed by atoms with Gasteiger partial charge in [-0.25, -0.2) is 0 Å². The number of nitrogens with one attached hydrogen (secondary N) is 1. The largest absolute Gasteiger partial charge is 0.481 e. The number of ether oxygens (including phenoxy) is 1. The van der Waals surface area contributed by atoms with Crippen LogP contribution >= 0.6 is 11.8 Å². The number of carboxylic acids is 1. The molecule has 0 aliphatic carbocycles. The van der Waals surface area contributed by atoms with Gasteiger partial charge in [-0.3, -0.25) is 9.59 Å². The molecule has 2 aliphatic heterocycles. The Balaban J connectivity index is 1.60. The van der Waals surface area contributed by atoms with Crippen LogP contribution in [-0.4, -0.2) is 46.8 Å². The van der Waals surface area contributed by atoms with Crippen LogP contribution in [0.2, 0.25) is 0 Å². The number of carbonyl (C=O) groups excluding carboxylic acids is 1. The number of rotatable bonds is 5. The molecule has 1 unspecified atom stereocenters. The van der Waals surface area contributed by atoms with E-state index in [0.717, 1.165) is 30.5 Å². The molecule has 7 nitrogen and oxygen atoms in total. The summed E-state index contributed by atoms with van der Waals surface area (Å²) in [5.74, 6) is -1.37. The number of hydrogen-bond acceptors (Lipinski definition) is 6. The van der Waals surface area contributed by atoms with Gasteiger partial charge in [-0.05, 0) is 11.1 Å². The van der Waals surface area contributed by atoms with Crippen LogP contribution < -0.4 is 5.32 Å². The van der Waals surface area contributed by atoms with Gasteiger partial charge in [-0.15, -0.1) is 5.10 Å². The molecule has 1 aromatic rings. The van der Waals surface area contributed by atoms with Crippen LogP contribution in [0.5, 0.6) is 0 Å². The molecule has 0 bridgehead atoms. The van der Waals surface area contributed by atoms with Gasteiger partial charge in [0.05, 0.1) is 25.8 Å². The van der Waals surface area contributed by atoms with Crippen molar-refractivity contribution in [3.05, 3.63) is 35.4 Å². The molecule has 24 heavy (non-hydrogen) atoms. The lowest BCUT2D eigenvalue weighted by molar-refractivity contribution is -0.138. The van der Waals surface area contributed by atoms with Crippen molar-refractivity contribution in [3.8, 4) is 0 Å². The number of thioether (sulfide) groups is 1. The molecule has 0 spiro atoms. The molecule has 126 valence electrons. The smallest absolute Gasteiger partial charge is 0.305 e. The minimum Gasteiger partial charge on any atom is -0.481 e. The van der Waals surface area contributed by atoms with Crippen molar-refractivity contribution < 1.29 is 19.4 Å². The van der Waals surface area contributed by atoms with Gasteiger partial charge in [0.2, 0.25) is 5.91 Å². The van der Waals surface area contributed by atoms with Crippen molar-refractivity contribution in [1.82, 2.24) is 5.32 Å². The second kappa shape index (κ2) is 6.74. The average Bonchev–Trinajstić information content (AvgIpc) is 2.85. The monoisotopic (exact) mass is 347 g/mol. The van der Waals surface area contributed by atoms with Gasteiger partial charge in [-0.2, -0.15) is 5.10 Å². The van der Waals surface area contributed by atoms with Crippen LogP contribution in [0.1, 0.15) is 24.5 Å². The molecular weight excluding hydrogens is 330 g/mol. The van der Waals surface area contributed by atoms with Gasteiger partial charge >= 0.3 is 5.97 Å². The quantitative estimate of drug-likeness (QED) is 0.619. The molecule has 1 atom stereocenters. The summed E-state index contributed by atoms with van der Waals surface area (Å²) in [6.07, 6.45) is 1.36. The second-order valence-electron chi connectivity index (χ2n) is 6.02. The second-order valence-corrected chi connectivity index (χ2v) is 7.21. The molecule has 2 aliphatic rings. The molecule has 2 fully saturated rings. The van der Waals surface area contributed by atoms with E-state index in [-0.39, 0.29) is 17.7 Å². The minimum absolute atomic E-state index is 0.0970. The molecule has 2 heterocycles. The van der Waals surface area contributed by atoms with Gasteiger partial charge in [0.1, 0.15) is 5.25 Å². The maximum Gasteiger partial charge on any atom is 0.305 e. The predicted octanol–water partition coefficient (Wildman–Crippen LogP) is 1.37. The molecule has 2 N–H and O–H groups in total. The van der Waals surface area contributed by atoms with E-state index < -0.39 is 11.2 Å². The van der Waals surface area contributed by atoms with Crippen LogP contribution in [0.4, 0.5) is 0 Å². The zero-order valence-electron chi connectivity index (χ0n) is 13.1. The van der Waals surface area contributed by atoms with Crippen LogP contribution in [0.15, 0.2) is 34.5 Å². The molecule has 8 heteroatoms. The summed E-state index contributed by atoms with van der Waals surface area (Å²) >= 11 is 1.08. The number of benzene rings is 1. The van der Waals surface area contributed by atoms with Crippen molar-refractivity contribution in [2.75, 3.05) is 13.2 Å². The highest BCUT2D eigenvalue weighted by atomic mass is 32.2. The first-order chi connectivity index (χ1) is 11.5. The Kier molecular flexibility index (Phi) is 4.68. The van der Waals surface area contributed by atoms with Gasteiger partial charge in [0, 0.05) is 5.41 Å². The number of nitrogens with zero attached hydrogens (tertiary/aromatic N) is 2. The van der Waals surface area contributed by atoms with Crippen molar-refractivity contribution in [3.63, 3.8) is 0 Å². The molecule has 0 radical (unpaired) electrons. The molecule has 1 aromatic carbocycles. The Hall–Kier alpha value is -2.19. The van der Waals surface area contributed by atoms with Gasteiger partial charge in [0.15, 0.2) is 5.17 Å². The first-order valence-corrected chi connectivity index (χ1v) is 8.33. The molecule has 0 aromatic heterocycles. The molecule has 2 saturated heterocycles. The fraction of sp³-hybridized carbons (Fsp3) is 0.375. The number of aliphatic carboxylic acids is 1. The lowest BCUT2D eigenvalue weighted by atomic mass is 9.81. The Morgan fingerprint density at radius 2 is 2.17 bits per heavy atom. The van der Waals surface area contributed by atoms with Gasteiger partial charge < -0.3 is 15.2 Å². The Bertz CT molecular complexity index is 711. The maximum absolute atomic E-state index is 11.6. The third-order valence-electron chi connectivity index (χ3n) is 3.94. The van der Waals surface area contributed by atoms with E-state index >= 15 is 0 Å². The minimum atomic E-state index is -1.02. The summed E-state index contributed by atoms with van der Waals surface area (Å²) in [5.41, 5.74) is 2.22. The fourth-order valence-corrected chi connectivity index (χ4v) is 3.35. The Morgan fingerprint density at radius 3 is 2.75 bits per heavy atom. The SMILES string of the molecule is CC1(c2ccc(C=NN=C3NC(=O)C(CC(=O)O)S3)cc2)COC1. The summed E-state index contributed by atoms with van der Waals surface area (Å²) in [7, 11) is 0. The van der Waals surface area contributed by atoms with E-state index in [0.29, 0.717) is 5.17 Å². The Morgan fingerprint density at radius 1 is 1.46 bits per heavy atom. The average molecular weight is 347 g/mol. The van der Waals surface area contributed by atoms with Crippen LogP contribution in [0, 0.1) is 0 Å². The van der Waals surface area contributed by atoms with E-state index in [9.17, 15) is 9.59 Å². The number of amidine groups is 1. The molecule has 3 rings (SSSR count). The van der Waals surface area contributed by atoms with Crippen LogP contribution in [-0.2, 0) is 19.7 Å².